The Labute approximate surface area is 89.8 Å². The smallest absolute Gasteiger partial charge is 0.185 e. The maximum absolute atomic E-state index is 5.58. The van der Waals surface area contributed by atoms with E-state index < -0.39 is 0 Å². The predicted molar refractivity (Wildman–Crippen MR) is 60.7 cm³/mol. The fraction of sp³-hybridized carbons (Fsp3) is 0.250. The Morgan fingerprint density at radius 1 is 1.50 bits per heavy atom. The Morgan fingerprint density at radius 2 is 2.36 bits per heavy atom. The van der Waals surface area contributed by atoms with E-state index >= 15 is 0 Å². The van der Waals surface area contributed by atoms with Crippen LogP contribution in [0.4, 0.5) is 10.1 Å². The normalized spacial score (nSPS) is 12.6. The third-order valence-corrected chi connectivity index (χ3v) is 3.40. The van der Waals surface area contributed by atoms with Crippen molar-refractivity contribution in [3.05, 3.63) is 22.8 Å². The van der Waals surface area contributed by atoms with Crippen LogP contribution in [-0.2, 0) is 0 Å². The highest BCUT2D eigenvalue weighted by molar-refractivity contribution is 7.19. The molecule has 3 N–H and O–H groups in total. The summed E-state index contributed by atoms with van der Waals surface area (Å²) >= 11 is 3.07. The SMILES string of the molecule is CC(Nc1ncc(N)s1)c1nccs1. The lowest BCUT2D eigenvalue weighted by Gasteiger charge is -2.08. The van der Waals surface area contributed by atoms with Gasteiger partial charge in [-0.25, -0.2) is 9.97 Å². The van der Waals surface area contributed by atoms with Crippen LogP contribution in [0.1, 0.15) is 18.0 Å². The molecule has 74 valence electrons. The Bertz CT molecular complexity index is 395. The van der Waals surface area contributed by atoms with Crippen LogP contribution in [0.15, 0.2) is 17.8 Å². The summed E-state index contributed by atoms with van der Waals surface area (Å²) in [6.07, 6.45) is 3.45. The Morgan fingerprint density at radius 3 is 2.93 bits per heavy atom. The highest BCUT2D eigenvalue weighted by atomic mass is 32.1. The molecular weight excluding hydrogens is 216 g/mol. The molecule has 0 saturated carbocycles. The van der Waals surface area contributed by atoms with E-state index in [2.05, 4.69) is 22.2 Å². The van der Waals surface area contributed by atoms with Gasteiger partial charge < -0.3 is 11.1 Å². The molecule has 0 aliphatic rings. The lowest BCUT2D eigenvalue weighted by atomic mass is 10.4. The molecule has 0 aromatic carbocycles. The van der Waals surface area contributed by atoms with E-state index in [1.54, 1.807) is 23.7 Å². The monoisotopic (exact) mass is 226 g/mol. The van der Waals surface area contributed by atoms with Crippen molar-refractivity contribution < 1.29 is 0 Å². The molecular formula is C8H10N4S2. The molecule has 0 amide bonds. The van der Waals surface area contributed by atoms with E-state index in [-0.39, 0.29) is 6.04 Å². The number of nitrogens with two attached hydrogens (primary N) is 1. The highest BCUT2D eigenvalue weighted by Gasteiger charge is 2.09. The summed E-state index contributed by atoms with van der Waals surface area (Å²) in [5, 5.41) is 7.82. The van der Waals surface area contributed by atoms with E-state index in [0.29, 0.717) is 0 Å². The summed E-state index contributed by atoms with van der Waals surface area (Å²) in [6, 6.07) is 0.181. The van der Waals surface area contributed by atoms with Gasteiger partial charge in [0.2, 0.25) is 0 Å². The Balaban J connectivity index is 2.05. The minimum Gasteiger partial charge on any atom is -0.389 e. The molecule has 2 rings (SSSR count). The molecule has 1 unspecified atom stereocenters. The quantitative estimate of drug-likeness (QED) is 0.843. The number of anilines is 2. The molecule has 0 spiro atoms. The first-order valence-corrected chi connectivity index (χ1v) is 5.82. The molecule has 2 aromatic heterocycles. The molecule has 14 heavy (non-hydrogen) atoms. The first-order chi connectivity index (χ1) is 6.75. The zero-order chi connectivity index (χ0) is 9.97. The molecule has 4 nitrogen and oxygen atoms in total. The van der Waals surface area contributed by atoms with Crippen LogP contribution in [0, 0.1) is 0 Å². The van der Waals surface area contributed by atoms with Gasteiger partial charge in [-0.1, -0.05) is 11.3 Å². The number of thiazole rings is 2. The first kappa shape index (κ1) is 9.42. The lowest BCUT2D eigenvalue weighted by molar-refractivity contribution is 0.867. The van der Waals surface area contributed by atoms with Crippen molar-refractivity contribution in [1.82, 2.24) is 9.97 Å². The van der Waals surface area contributed by atoms with E-state index in [4.69, 9.17) is 5.73 Å². The van der Waals surface area contributed by atoms with Crippen molar-refractivity contribution in [3.63, 3.8) is 0 Å². The fourth-order valence-corrected chi connectivity index (χ4v) is 2.36. The third-order valence-electron chi connectivity index (χ3n) is 1.69. The molecule has 1 atom stereocenters. The number of aromatic nitrogens is 2. The van der Waals surface area contributed by atoms with Crippen molar-refractivity contribution in [1.29, 1.82) is 0 Å². The molecule has 0 fully saturated rings. The second-order valence-electron chi connectivity index (χ2n) is 2.80. The minimum atomic E-state index is 0.181. The molecule has 2 aromatic rings. The summed E-state index contributed by atoms with van der Waals surface area (Å²) in [5.41, 5.74) is 5.58. The number of nitrogens with zero attached hydrogens (tertiary/aromatic N) is 2. The van der Waals surface area contributed by atoms with Crippen LogP contribution in [0.3, 0.4) is 0 Å². The third kappa shape index (κ3) is 2.02. The average molecular weight is 226 g/mol. The van der Waals surface area contributed by atoms with E-state index in [9.17, 15) is 0 Å². The summed E-state index contributed by atoms with van der Waals surface area (Å²) < 4.78 is 0. The van der Waals surface area contributed by atoms with Gasteiger partial charge in [-0.2, -0.15) is 0 Å². The van der Waals surface area contributed by atoms with Gasteiger partial charge in [-0.3, -0.25) is 0 Å². The topological polar surface area (TPSA) is 63.8 Å². The van der Waals surface area contributed by atoms with Crippen molar-refractivity contribution in [2.24, 2.45) is 0 Å². The van der Waals surface area contributed by atoms with Crippen LogP contribution in [0.25, 0.3) is 0 Å². The van der Waals surface area contributed by atoms with Crippen LogP contribution < -0.4 is 11.1 Å². The number of hydrogen-bond donors (Lipinski definition) is 2. The highest BCUT2D eigenvalue weighted by Crippen LogP contribution is 2.25. The summed E-state index contributed by atoms with van der Waals surface area (Å²) in [6.45, 7) is 2.05. The predicted octanol–water partition coefficient (Wildman–Crippen LogP) is 2.35. The minimum absolute atomic E-state index is 0.181. The van der Waals surface area contributed by atoms with Gasteiger partial charge in [0, 0.05) is 11.6 Å². The van der Waals surface area contributed by atoms with Crippen molar-refractivity contribution in [2.75, 3.05) is 11.1 Å². The summed E-state index contributed by atoms with van der Waals surface area (Å²) in [5.74, 6) is 0. The van der Waals surface area contributed by atoms with Crippen molar-refractivity contribution in [2.45, 2.75) is 13.0 Å². The number of hydrogen-bond acceptors (Lipinski definition) is 6. The van der Waals surface area contributed by atoms with Gasteiger partial charge >= 0.3 is 0 Å². The van der Waals surface area contributed by atoms with Gasteiger partial charge in [0.1, 0.15) is 10.0 Å². The van der Waals surface area contributed by atoms with Crippen LogP contribution in [0.2, 0.25) is 0 Å². The van der Waals surface area contributed by atoms with E-state index in [1.165, 1.54) is 11.3 Å². The Kier molecular flexibility index (Phi) is 2.64. The zero-order valence-electron chi connectivity index (χ0n) is 7.60. The van der Waals surface area contributed by atoms with Crippen molar-refractivity contribution >= 4 is 32.8 Å². The number of nitrogens with one attached hydrogen (secondary N) is 1. The van der Waals surface area contributed by atoms with E-state index in [1.807, 2.05) is 5.38 Å². The molecule has 0 aliphatic heterocycles. The molecule has 0 aliphatic carbocycles. The molecule has 2 heterocycles. The Hall–Kier alpha value is -1.14. The maximum Gasteiger partial charge on any atom is 0.185 e. The van der Waals surface area contributed by atoms with Gasteiger partial charge in [-0.15, -0.1) is 11.3 Å². The lowest BCUT2D eigenvalue weighted by Crippen LogP contribution is -2.05. The average Bonchev–Trinajstić information content (AvgIpc) is 2.75. The van der Waals surface area contributed by atoms with Gasteiger partial charge in [0.15, 0.2) is 5.13 Å². The second-order valence-corrected chi connectivity index (χ2v) is 4.79. The number of nitrogen functional groups attached to an aromatic ring is 1. The first-order valence-electron chi connectivity index (χ1n) is 4.13. The zero-order valence-corrected chi connectivity index (χ0v) is 9.23. The summed E-state index contributed by atoms with van der Waals surface area (Å²) in [4.78, 5) is 8.35. The fourth-order valence-electron chi connectivity index (χ4n) is 1.05. The summed E-state index contributed by atoms with van der Waals surface area (Å²) in [7, 11) is 0. The molecule has 0 bridgehead atoms. The molecule has 0 radical (unpaired) electrons. The van der Waals surface area contributed by atoms with Gasteiger partial charge in [0.05, 0.1) is 12.2 Å². The van der Waals surface area contributed by atoms with Gasteiger partial charge in [-0.05, 0) is 6.92 Å². The molecule has 0 saturated heterocycles. The maximum atomic E-state index is 5.58. The number of rotatable bonds is 3. The molecule has 6 heteroatoms. The van der Waals surface area contributed by atoms with Crippen LogP contribution >= 0.6 is 22.7 Å². The van der Waals surface area contributed by atoms with Crippen LogP contribution in [-0.4, -0.2) is 9.97 Å². The van der Waals surface area contributed by atoms with Crippen molar-refractivity contribution in [3.8, 4) is 0 Å². The van der Waals surface area contributed by atoms with E-state index in [0.717, 1.165) is 15.1 Å². The van der Waals surface area contributed by atoms with Gasteiger partial charge in [0.25, 0.3) is 0 Å². The largest absolute Gasteiger partial charge is 0.389 e. The van der Waals surface area contributed by atoms with Crippen LogP contribution in [0.5, 0.6) is 0 Å². The standard InChI is InChI=1S/C8H10N4S2/c1-5(7-10-2-3-13-7)12-8-11-4-6(9)14-8/h2-5H,9H2,1H3,(H,11,12). The second kappa shape index (κ2) is 3.93.